The fourth-order valence-electron chi connectivity index (χ4n) is 3.46. The van der Waals surface area contributed by atoms with Crippen molar-refractivity contribution in [2.75, 3.05) is 18.5 Å². The molecule has 136 valence electrons. The minimum absolute atomic E-state index is 0.0612. The van der Waals surface area contributed by atoms with E-state index in [1.807, 2.05) is 12.1 Å². The normalized spacial score (nSPS) is 20.8. The van der Waals surface area contributed by atoms with Crippen molar-refractivity contribution in [1.82, 2.24) is 9.29 Å². The lowest BCUT2D eigenvalue weighted by atomic mass is 9.99. The monoisotopic (exact) mass is 373 g/mol. The number of ether oxygens (including phenoxy) is 1. The second-order valence-electron chi connectivity index (χ2n) is 6.41. The van der Waals surface area contributed by atoms with Gasteiger partial charge in [-0.2, -0.15) is 4.31 Å². The number of sulfonamides is 1. The minimum atomic E-state index is -3.71. The average molecular weight is 373 g/mol. The van der Waals surface area contributed by atoms with Gasteiger partial charge in [0.25, 0.3) is 5.91 Å². The molecule has 3 heterocycles. The Morgan fingerprint density at radius 3 is 2.92 bits per heavy atom. The molecule has 7 nitrogen and oxygen atoms in total. The zero-order chi connectivity index (χ0) is 18.1. The molecule has 0 spiro atoms. The summed E-state index contributed by atoms with van der Waals surface area (Å²) in [5.41, 5.74) is 1.28. The largest absolute Gasteiger partial charge is 0.482 e. The van der Waals surface area contributed by atoms with Crippen LogP contribution in [-0.2, 0) is 14.8 Å². The first kappa shape index (κ1) is 17.0. The number of carbonyl (C=O) groups excluding carboxylic acids is 1. The van der Waals surface area contributed by atoms with Gasteiger partial charge in [0.2, 0.25) is 10.0 Å². The van der Waals surface area contributed by atoms with E-state index in [9.17, 15) is 13.2 Å². The SMILES string of the molecule is O=C1COc2ccc(S(=O)(=O)N3CCCCC3c3cccnc3)cc2N1. The van der Waals surface area contributed by atoms with E-state index in [4.69, 9.17) is 4.74 Å². The van der Waals surface area contributed by atoms with E-state index in [1.54, 1.807) is 22.8 Å². The van der Waals surface area contributed by atoms with E-state index in [1.165, 1.54) is 12.1 Å². The summed E-state index contributed by atoms with van der Waals surface area (Å²) in [4.78, 5) is 15.8. The van der Waals surface area contributed by atoms with Gasteiger partial charge >= 0.3 is 0 Å². The molecule has 1 atom stereocenters. The summed E-state index contributed by atoms with van der Waals surface area (Å²) >= 11 is 0. The number of hydrogen-bond donors (Lipinski definition) is 1. The summed E-state index contributed by atoms with van der Waals surface area (Å²) in [6, 6.07) is 8.08. The Balaban J connectivity index is 1.71. The summed E-state index contributed by atoms with van der Waals surface area (Å²) < 4.78 is 33.4. The first-order valence-electron chi connectivity index (χ1n) is 8.54. The molecule has 0 saturated carbocycles. The summed E-state index contributed by atoms with van der Waals surface area (Å²) in [5, 5.41) is 2.66. The fraction of sp³-hybridized carbons (Fsp3) is 0.333. The summed E-state index contributed by atoms with van der Waals surface area (Å²) in [5.74, 6) is 0.185. The maximum Gasteiger partial charge on any atom is 0.262 e. The number of rotatable bonds is 3. The number of hydrogen-bond acceptors (Lipinski definition) is 5. The number of pyridine rings is 1. The van der Waals surface area contributed by atoms with Gasteiger partial charge in [-0.05, 0) is 42.7 Å². The summed E-state index contributed by atoms with van der Waals surface area (Å²) in [6.07, 6.45) is 5.95. The molecule has 0 aliphatic carbocycles. The van der Waals surface area contributed by atoms with Crippen molar-refractivity contribution in [3.63, 3.8) is 0 Å². The van der Waals surface area contributed by atoms with Gasteiger partial charge in [-0.3, -0.25) is 9.78 Å². The maximum absolute atomic E-state index is 13.3. The smallest absolute Gasteiger partial charge is 0.262 e. The van der Waals surface area contributed by atoms with E-state index >= 15 is 0 Å². The zero-order valence-electron chi connectivity index (χ0n) is 14.1. The molecule has 0 radical (unpaired) electrons. The summed E-state index contributed by atoms with van der Waals surface area (Å²) in [7, 11) is -3.71. The van der Waals surface area contributed by atoms with Crippen LogP contribution in [0.1, 0.15) is 30.9 Å². The number of fused-ring (bicyclic) bond motifs is 1. The first-order chi connectivity index (χ1) is 12.6. The second-order valence-corrected chi connectivity index (χ2v) is 8.30. The number of amides is 1. The van der Waals surface area contributed by atoms with Crippen LogP contribution in [0.2, 0.25) is 0 Å². The molecule has 1 amide bonds. The highest BCUT2D eigenvalue weighted by Gasteiger charge is 2.35. The number of piperidine rings is 1. The lowest BCUT2D eigenvalue weighted by Crippen LogP contribution is -2.38. The van der Waals surface area contributed by atoms with Crippen molar-refractivity contribution in [2.45, 2.75) is 30.2 Å². The molecule has 2 aliphatic rings. The molecule has 1 unspecified atom stereocenters. The van der Waals surface area contributed by atoms with Crippen molar-refractivity contribution in [3.05, 3.63) is 48.3 Å². The standard InChI is InChI=1S/C18H19N3O4S/c22-18-12-25-17-7-6-14(10-15(17)20-18)26(23,24)21-9-2-1-5-16(21)13-4-3-8-19-11-13/h3-4,6-8,10-11,16H,1-2,5,9,12H2,(H,20,22). The Bertz CT molecular complexity index is 931. The molecule has 1 aromatic heterocycles. The Hall–Kier alpha value is -2.45. The van der Waals surface area contributed by atoms with Crippen molar-refractivity contribution < 1.29 is 17.9 Å². The van der Waals surface area contributed by atoms with Crippen LogP contribution in [-0.4, -0.2) is 36.8 Å². The van der Waals surface area contributed by atoms with Crippen molar-refractivity contribution in [3.8, 4) is 5.75 Å². The number of benzene rings is 1. The molecule has 26 heavy (non-hydrogen) atoms. The van der Waals surface area contributed by atoms with Crippen LogP contribution in [0, 0.1) is 0 Å². The van der Waals surface area contributed by atoms with Crippen LogP contribution in [0.15, 0.2) is 47.6 Å². The van der Waals surface area contributed by atoms with E-state index < -0.39 is 10.0 Å². The third-order valence-corrected chi connectivity index (χ3v) is 6.62. The van der Waals surface area contributed by atoms with Gasteiger partial charge in [0.1, 0.15) is 5.75 Å². The quantitative estimate of drug-likeness (QED) is 0.892. The van der Waals surface area contributed by atoms with Crippen molar-refractivity contribution in [1.29, 1.82) is 0 Å². The van der Waals surface area contributed by atoms with E-state index in [-0.39, 0.29) is 23.5 Å². The van der Waals surface area contributed by atoms with Crippen LogP contribution >= 0.6 is 0 Å². The van der Waals surface area contributed by atoms with Crippen LogP contribution in [0.4, 0.5) is 5.69 Å². The molecule has 4 rings (SSSR count). The molecular formula is C18H19N3O4S. The van der Waals surface area contributed by atoms with E-state index in [2.05, 4.69) is 10.3 Å². The Labute approximate surface area is 152 Å². The predicted octanol–water partition coefficient (Wildman–Crippen LogP) is 2.33. The Kier molecular flexibility index (Phi) is 4.37. The summed E-state index contributed by atoms with van der Waals surface area (Å²) in [6.45, 7) is 0.399. The number of anilines is 1. The molecule has 1 fully saturated rings. The second kappa shape index (κ2) is 6.69. The number of nitrogens with zero attached hydrogens (tertiary/aromatic N) is 2. The van der Waals surface area contributed by atoms with Crippen LogP contribution in [0.25, 0.3) is 0 Å². The Morgan fingerprint density at radius 1 is 1.23 bits per heavy atom. The highest BCUT2D eigenvalue weighted by atomic mass is 32.2. The molecule has 1 N–H and O–H groups in total. The minimum Gasteiger partial charge on any atom is -0.482 e. The highest BCUT2D eigenvalue weighted by molar-refractivity contribution is 7.89. The van der Waals surface area contributed by atoms with Gasteiger partial charge in [-0.25, -0.2) is 8.42 Å². The van der Waals surface area contributed by atoms with Gasteiger partial charge < -0.3 is 10.1 Å². The molecular weight excluding hydrogens is 354 g/mol. The van der Waals surface area contributed by atoms with Crippen molar-refractivity contribution >= 4 is 21.6 Å². The molecule has 8 heteroatoms. The highest BCUT2D eigenvalue weighted by Crippen LogP contribution is 2.37. The van der Waals surface area contributed by atoms with Crippen molar-refractivity contribution in [2.24, 2.45) is 0 Å². The van der Waals surface area contributed by atoms with Gasteiger partial charge in [0.15, 0.2) is 6.61 Å². The van der Waals surface area contributed by atoms with Gasteiger partial charge in [-0.15, -0.1) is 0 Å². The topological polar surface area (TPSA) is 88.6 Å². The molecule has 2 aromatic rings. The van der Waals surface area contributed by atoms with Crippen LogP contribution in [0.5, 0.6) is 5.75 Å². The third-order valence-electron chi connectivity index (χ3n) is 4.71. The van der Waals surface area contributed by atoms with Crippen LogP contribution < -0.4 is 10.1 Å². The molecule has 2 aliphatic heterocycles. The van der Waals surface area contributed by atoms with Gasteiger partial charge in [0.05, 0.1) is 16.6 Å². The van der Waals surface area contributed by atoms with Gasteiger partial charge in [-0.1, -0.05) is 12.5 Å². The van der Waals surface area contributed by atoms with Gasteiger partial charge in [0, 0.05) is 18.9 Å². The third kappa shape index (κ3) is 3.06. The lowest BCUT2D eigenvalue weighted by Gasteiger charge is -2.35. The van der Waals surface area contributed by atoms with E-state index in [0.29, 0.717) is 18.0 Å². The first-order valence-corrected chi connectivity index (χ1v) is 9.98. The molecule has 1 aromatic carbocycles. The number of aromatic nitrogens is 1. The lowest BCUT2D eigenvalue weighted by molar-refractivity contribution is -0.118. The van der Waals surface area contributed by atoms with Crippen LogP contribution in [0.3, 0.4) is 0 Å². The molecule has 0 bridgehead atoms. The zero-order valence-corrected chi connectivity index (χ0v) is 14.9. The number of carbonyl (C=O) groups is 1. The Morgan fingerprint density at radius 2 is 2.12 bits per heavy atom. The molecule has 1 saturated heterocycles. The fourth-order valence-corrected chi connectivity index (χ4v) is 5.17. The maximum atomic E-state index is 13.3. The number of nitrogens with one attached hydrogen (secondary N) is 1. The predicted molar refractivity (Wildman–Crippen MR) is 95.3 cm³/mol. The average Bonchev–Trinajstić information content (AvgIpc) is 2.68. The van der Waals surface area contributed by atoms with E-state index in [0.717, 1.165) is 24.8 Å².